The number of alkyl halides is 1. The summed E-state index contributed by atoms with van der Waals surface area (Å²) < 4.78 is 10.8. The van der Waals surface area contributed by atoms with Crippen molar-refractivity contribution < 1.29 is 18.9 Å². The predicted octanol–water partition coefficient (Wildman–Crippen LogP) is 3.65. The quantitative estimate of drug-likeness (QED) is 0.220. The number of hydrogen-bond donors (Lipinski definition) is 2. The van der Waals surface area contributed by atoms with Crippen LogP contribution in [0.25, 0.3) is 0 Å². The standard InChI is InChI=1S/C16H29ClN2O4S/c1-11-10-13(8-9-15(11)17)21-12(2)16(20)18-19-22-23-24-14-6-4-3-5-7-14/h11-15,19H,3-10H2,1-2H3,(H,18,20). The minimum atomic E-state index is -0.559. The number of ether oxygens (including phenoxy) is 1. The summed E-state index contributed by atoms with van der Waals surface area (Å²) in [6.07, 6.45) is 8.30. The number of hydrogen-bond acceptors (Lipinski definition) is 6. The first kappa shape index (κ1) is 20.3. The lowest BCUT2D eigenvalue weighted by Gasteiger charge is -2.32. The maximum absolute atomic E-state index is 12.0. The van der Waals surface area contributed by atoms with E-state index in [-0.39, 0.29) is 17.4 Å². The molecule has 2 rings (SSSR count). The third kappa shape index (κ3) is 7.06. The third-order valence-electron chi connectivity index (χ3n) is 4.76. The van der Waals surface area contributed by atoms with E-state index in [1.54, 1.807) is 6.92 Å². The largest absolute Gasteiger partial charge is 0.365 e. The first-order valence-electron chi connectivity index (χ1n) is 8.89. The van der Waals surface area contributed by atoms with Crippen LogP contribution in [0, 0.1) is 5.92 Å². The van der Waals surface area contributed by atoms with Crippen molar-refractivity contribution in [3.05, 3.63) is 0 Å². The van der Waals surface area contributed by atoms with Crippen LogP contribution in [0.2, 0.25) is 0 Å². The molecule has 0 saturated heterocycles. The van der Waals surface area contributed by atoms with E-state index in [4.69, 9.17) is 25.7 Å². The molecule has 2 saturated carbocycles. The van der Waals surface area contributed by atoms with E-state index < -0.39 is 6.10 Å². The summed E-state index contributed by atoms with van der Waals surface area (Å²) in [5.41, 5.74) is 4.74. The van der Waals surface area contributed by atoms with Crippen LogP contribution in [0.4, 0.5) is 0 Å². The molecule has 0 aromatic heterocycles. The Bertz CT molecular complexity index is 385. The number of halogens is 1. The molecular weight excluding hydrogens is 352 g/mol. The molecule has 0 heterocycles. The second kappa shape index (κ2) is 10.8. The first-order chi connectivity index (χ1) is 11.6. The van der Waals surface area contributed by atoms with E-state index >= 15 is 0 Å². The Hall–Kier alpha value is -0.0500. The molecule has 2 fully saturated rings. The fraction of sp³-hybridized carbons (Fsp3) is 0.938. The van der Waals surface area contributed by atoms with Crippen LogP contribution >= 0.6 is 23.6 Å². The number of nitrogens with one attached hydrogen (secondary N) is 2. The fourth-order valence-corrected chi connectivity index (χ4v) is 4.15. The van der Waals surface area contributed by atoms with Crippen molar-refractivity contribution in [2.24, 2.45) is 5.92 Å². The molecule has 4 unspecified atom stereocenters. The van der Waals surface area contributed by atoms with Crippen LogP contribution in [0.5, 0.6) is 0 Å². The van der Waals surface area contributed by atoms with Gasteiger partial charge in [-0.1, -0.05) is 31.8 Å². The number of carbonyl (C=O) groups is 1. The number of rotatable bonds is 8. The zero-order chi connectivity index (χ0) is 17.4. The van der Waals surface area contributed by atoms with Gasteiger partial charge in [-0.3, -0.25) is 10.2 Å². The van der Waals surface area contributed by atoms with Crippen molar-refractivity contribution in [2.45, 2.75) is 88.0 Å². The molecule has 6 nitrogen and oxygen atoms in total. The van der Waals surface area contributed by atoms with Gasteiger partial charge in [0.25, 0.3) is 5.91 Å². The molecule has 2 aliphatic rings. The SMILES string of the molecule is CC(OC1CCC(Cl)C(C)C1)C(=O)NNOOSC1CCCCC1. The van der Waals surface area contributed by atoms with Crippen molar-refractivity contribution in [3.8, 4) is 0 Å². The fourth-order valence-electron chi connectivity index (χ4n) is 3.21. The van der Waals surface area contributed by atoms with Gasteiger partial charge >= 0.3 is 0 Å². The number of hydrazine groups is 1. The van der Waals surface area contributed by atoms with Crippen LogP contribution in [-0.4, -0.2) is 28.7 Å². The summed E-state index contributed by atoms with van der Waals surface area (Å²) in [7, 11) is 0. The van der Waals surface area contributed by atoms with Gasteiger partial charge in [-0.2, -0.15) is 0 Å². The maximum Gasteiger partial charge on any atom is 0.264 e. The van der Waals surface area contributed by atoms with Crippen molar-refractivity contribution in [1.29, 1.82) is 0 Å². The Balaban J connectivity index is 1.53. The number of amides is 1. The summed E-state index contributed by atoms with van der Waals surface area (Å²) in [5, 5.41) is 0.681. The molecule has 0 spiro atoms. The number of carbonyl (C=O) groups excluding carboxylic acids is 1. The Morgan fingerprint density at radius 1 is 1.21 bits per heavy atom. The lowest BCUT2D eigenvalue weighted by atomic mass is 9.88. The van der Waals surface area contributed by atoms with Crippen molar-refractivity contribution >= 4 is 29.6 Å². The Morgan fingerprint density at radius 3 is 2.67 bits per heavy atom. The van der Waals surface area contributed by atoms with Gasteiger partial charge < -0.3 is 4.74 Å². The highest BCUT2D eigenvalue weighted by Gasteiger charge is 2.29. The molecule has 2 aliphatic carbocycles. The van der Waals surface area contributed by atoms with Gasteiger partial charge in [0.2, 0.25) is 0 Å². The highest BCUT2D eigenvalue weighted by molar-refractivity contribution is 7.95. The molecule has 8 heteroatoms. The second-order valence-corrected chi connectivity index (χ2v) is 8.36. The van der Waals surface area contributed by atoms with E-state index in [1.165, 1.54) is 31.3 Å². The predicted molar refractivity (Wildman–Crippen MR) is 94.9 cm³/mol. The first-order valence-corrected chi connectivity index (χ1v) is 10.1. The highest BCUT2D eigenvalue weighted by Crippen LogP contribution is 2.31. The average Bonchev–Trinajstić information content (AvgIpc) is 2.58. The Kier molecular flexibility index (Phi) is 9.15. The minimum absolute atomic E-state index is 0.0785. The topological polar surface area (TPSA) is 68.8 Å². The molecule has 0 aromatic carbocycles. The van der Waals surface area contributed by atoms with E-state index in [1.807, 2.05) is 0 Å². The van der Waals surface area contributed by atoms with E-state index in [0.29, 0.717) is 11.2 Å². The molecule has 140 valence electrons. The Labute approximate surface area is 153 Å². The Morgan fingerprint density at radius 2 is 1.96 bits per heavy atom. The van der Waals surface area contributed by atoms with Crippen LogP contribution in [-0.2, 0) is 18.9 Å². The zero-order valence-corrected chi connectivity index (χ0v) is 16.0. The molecular formula is C16H29ClN2O4S. The third-order valence-corrected chi connectivity index (χ3v) is 6.30. The monoisotopic (exact) mass is 380 g/mol. The zero-order valence-electron chi connectivity index (χ0n) is 14.5. The molecule has 4 atom stereocenters. The average molecular weight is 381 g/mol. The summed E-state index contributed by atoms with van der Waals surface area (Å²) in [6.45, 7) is 3.85. The molecule has 0 radical (unpaired) electrons. The van der Waals surface area contributed by atoms with Gasteiger partial charge in [0.05, 0.1) is 6.10 Å². The lowest BCUT2D eigenvalue weighted by Crippen LogP contribution is -2.45. The van der Waals surface area contributed by atoms with Gasteiger partial charge in [-0.15, -0.1) is 20.9 Å². The molecule has 0 aromatic rings. The summed E-state index contributed by atoms with van der Waals surface area (Å²) in [5.74, 6) is 0.120. The van der Waals surface area contributed by atoms with Gasteiger partial charge in [0.1, 0.15) is 6.10 Å². The van der Waals surface area contributed by atoms with Crippen molar-refractivity contribution in [1.82, 2.24) is 11.0 Å². The maximum atomic E-state index is 12.0. The van der Waals surface area contributed by atoms with E-state index in [0.717, 1.165) is 32.1 Å². The van der Waals surface area contributed by atoms with Crippen molar-refractivity contribution in [3.63, 3.8) is 0 Å². The second-order valence-electron chi connectivity index (χ2n) is 6.81. The van der Waals surface area contributed by atoms with E-state index in [2.05, 4.69) is 17.9 Å². The molecule has 0 bridgehead atoms. The van der Waals surface area contributed by atoms with Crippen LogP contribution < -0.4 is 11.0 Å². The van der Waals surface area contributed by atoms with Crippen LogP contribution in [0.15, 0.2) is 0 Å². The van der Waals surface area contributed by atoms with Crippen LogP contribution in [0.1, 0.15) is 65.2 Å². The summed E-state index contributed by atoms with van der Waals surface area (Å²) in [4.78, 5) is 16.7. The van der Waals surface area contributed by atoms with Gasteiger partial charge in [0, 0.05) is 22.7 Å². The summed E-state index contributed by atoms with van der Waals surface area (Å²) >= 11 is 7.52. The smallest absolute Gasteiger partial charge is 0.264 e. The molecule has 0 aliphatic heterocycles. The highest BCUT2D eigenvalue weighted by atomic mass is 35.5. The normalized spacial score (nSPS) is 30.0. The molecule has 1 amide bonds. The molecule has 24 heavy (non-hydrogen) atoms. The van der Waals surface area contributed by atoms with E-state index in [9.17, 15) is 4.79 Å². The minimum Gasteiger partial charge on any atom is -0.365 e. The van der Waals surface area contributed by atoms with Gasteiger partial charge in [0.15, 0.2) is 0 Å². The lowest BCUT2D eigenvalue weighted by molar-refractivity contribution is -0.257. The van der Waals surface area contributed by atoms with Gasteiger partial charge in [-0.25, -0.2) is 0 Å². The van der Waals surface area contributed by atoms with Gasteiger partial charge in [-0.05, 0) is 44.9 Å². The van der Waals surface area contributed by atoms with Crippen LogP contribution in [0.3, 0.4) is 0 Å². The van der Waals surface area contributed by atoms with Crippen molar-refractivity contribution in [2.75, 3.05) is 0 Å². The summed E-state index contributed by atoms with van der Waals surface area (Å²) in [6, 6.07) is 0. The molecule has 2 N–H and O–H groups in total.